The Balaban J connectivity index is 2.22. The lowest BCUT2D eigenvalue weighted by Crippen LogP contribution is -3.10. The zero-order valence-corrected chi connectivity index (χ0v) is 14.7. The van der Waals surface area contributed by atoms with E-state index >= 15 is 0 Å². The van der Waals surface area contributed by atoms with Gasteiger partial charge in [-0.15, -0.1) is 0 Å². The Morgan fingerprint density at radius 2 is 1.91 bits per heavy atom. The van der Waals surface area contributed by atoms with Gasteiger partial charge in [0, 0.05) is 10.5 Å². The van der Waals surface area contributed by atoms with Crippen molar-refractivity contribution in [2.75, 3.05) is 26.7 Å². The molecule has 0 aliphatic heterocycles. The number of rotatable bonds is 7. The molecule has 6 nitrogen and oxygen atoms in total. The number of carbonyl (C=O) groups is 2. The quantitative estimate of drug-likeness (QED) is 0.655. The van der Waals surface area contributed by atoms with Crippen LogP contribution in [-0.2, 0) is 4.79 Å². The van der Waals surface area contributed by atoms with Gasteiger partial charge >= 0.3 is 6.03 Å². The summed E-state index contributed by atoms with van der Waals surface area (Å²) in [6, 6.07) is 7.11. The Morgan fingerprint density at radius 1 is 1.27 bits per heavy atom. The maximum Gasteiger partial charge on any atom is 0.321 e. The summed E-state index contributed by atoms with van der Waals surface area (Å²) >= 11 is 3.36. The minimum atomic E-state index is -0.459. The first-order valence-electron chi connectivity index (χ1n) is 7.17. The monoisotopic (exact) mass is 372 g/mol. The number of quaternary nitrogens is 1. The van der Waals surface area contributed by atoms with E-state index in [4.69, 9.17) is 4.74 Å². The van der Waals surface area contributed by atoms with Crippen molar-refractivity contribution in [2.24, 2.45) is 0 Å². The van der Waals surface area contributed by atoms with Crippen LogP contribution in [0.25, 0.3) is 0 Å². The predicted molar refractivity (Wildman–Crippen MR) is 88.1 cm³/mol. The van der Waals surface area contributed by atoms with Gasteiger partial charge in [-0.3, -0.25) is 10.1 Å². The van der Waals surface area contributed by atoms with Crippen molar-refractivity contribution in [3.63, 3.8) is 0 Å². The second kappa shape index (κ2) is 9.42. The van der Waals surface area contributed by atoms with E-state index in [2.05, 4.69) is 26.6 Å². The summed E-state index contributed by atoms with van der Waals surface area (Å²) in [6.45, 7) is 5.05. The Morgan fingerprint density at radius 3 is 2.50 bits per heavy atom. The van der Waals surface area contributed by atoms with Crippen molar-refractivity contribution in [1.29, 1.82) is 0 Å². The number of carbonyl (C=O) groups excluding carboxylic acids is 2. The largest absolute Gasteiger partial charge is 0.488 e. The van der Waals surface area contributed by atoms with Crippen molar-refractivity contribution in [3.8, 4) is 5.75 Å². The highest BCUT2D eigenvalue weighted by atomic mass is 79.9. The number of ether oxygens (including phenoxy) is 1. The highest BCUT2D eigenvalue weighted by molar-refractivity contribution is 9.10. The Hall–Kier alpha value is -1.60. The zero-order chi connectivity index (χ0) is 16.5. The van der Waals surface area contributed by atoms with Crippen LogP contribution in [0.15, 0.2) is 28.7 Å². The third-order valence-corrected chi connectivity index (χ3v) is 3.27. The van der Waals surface area contributed by atoms with Crippen LogP contribution in [-0.4, -0.2) is 44.7 Å². The van der Waals surface area contributed by atoms with Gasteiger partial charge in [0.25, 0.3) is 5.91 Å². The van der Waals surface area contributed by atoms with Crippen LogP contribution < -0.4 is 20.3 Å². The van der Waals surface area contributed by atoms with Crippen molar-refractivity contribution in [2.45, 2.75) is 19.9 Å². The third kappa shape index (κ3) is 7.99. The molecule has 0 heterocycles. The van der Waals surface area contributed by atoms with E-state index in [9.17, 15) is 9.59 Å². The summed E-state index contributed by atoms with van der Waals surface area (Å²) in [5, 5.41) is 4.91. The lowest BCUT2D eigenvalue weighted by Gasteiger charge is -2.14. The van der Waals surface area contributed by atoms with Gasteiger partial charge in [-0.1, -0.05) is 15.9 Å². The van der Waals surface area contributed by atoms with Crippen LogP contribution in [0.1, 0.15) is 13.8 Å². The van der Waals surface area contributed by atoms with E-state index < -0.39 is 6.03 Å². The molecule has 0 spiro atoms. The number of amides is 3. The molecule has 1 unspecified atom stereocenters. The van der Waals surface area contributed by atoms with E-state index in [1.807, 2.05) is 45.2 Å². The normalized spacial score (nSPS) is 11.9. The number of nitrogens with one attached hydrogen (secondary N) is 3. The van der Waals surface area contributed by atoms with Crippen molar-refractivity contribution in [3.05, 3.63) is 28.7 Å². The van der Waals surface area contributed by atoms with Crippen LogP contribution in [0.4, 0.5) is 4.79 Å². The molecule has 1 aromatic carbocycles. The van der Waals surface area contributed by atoms with E-state index in [1.54, 1.807) is 0 Å². The number of halogens is 1. The van der Waals surface area contributed by atoms with Crippen LogP contribution in [0.2, 0.25) is 0 Å². The molecule has 3 N–H and O–H groups in total. The fourth-order valence-electron chi connectivity index (χ4n) is 1.71. The molecule has 0 bridgehead atoms. The molecular weight excluding hydrogens is 350 g/mol. The SMILES string of the molecule is CC(C)NC(=O)NC(=O)C[NH+](C)CCOc1ccc(Br)cc1. The maximum atomic E-state index is 11.7. The lowest BCUT2D eigenvalue weighted by atomic mass is 10.3. The van der Waals surface area contributed by atoms with Crippen LogP contribution in [0.5, 0.6) is 5.75 Å². The molecule has 122 valence electrons. The molecule has 0 aliphatic rings. The van der Waals surface area contributed by atoms with Gasteiger partial charge in [-0.05, 0) is 38.1 Å². The number of urea groups is 1. The maximum absolute atomic E-state index is 11.7. The highest BCUT2D eigenvalue weighted by Crippen LogP contribution is 2.15. The number of imide groups is 1. The summed E-state index contributed by atoms with van der Waals surface area (Å²) < 4.78 is 6.59. The second-order valence-corrected chi connectivity index (χ2v) is 6.28. The van der Waals surface area contributed by atoms with Crippen LogP contribution in [0, 0.1) is 0 Å². The number of hydrogen-bond acceptors (Lipinski definition) is 3. The molecule has 0 aliphatic carbocycles. The summed E-state index contributed by atoms with van der Waals surface area (Å²) in [4.78, 5) is 24.0. The lowest BCUT2D eigenvalue weighted by molar-refractivity contribution is -0.871. The van der Waals surface area contributed by atoms with E-state index in [-0.39, 0.29) is 18.5 Å². The van der Waals surface area contributed by atoms with Crippen molar-refractivity contribution in [1.82, 2.24) is 10.6 Å². The number of benzene rings is 1. The van der Waals surface area contributed by atoms with Gasteiger partial charge in [-0.2, -0.15) is 0 Å². The first-order chi connectivity index (χ1) is 10.4. The minimum Gasteiger partial charge on any atom is -0.488 e. The molecule has 1 rings (SSSR count). The fourth-order valence-corrected chi connectivity index (χ4v) is 1.97. The van der Waals surface area contributed by atoms with Gasteiger partial charge < -0.3 is 15.0 Å². The van der Waals surface area contributed by atoms with E-state index in [0.717, 1.165) is 15.1 Å². The molecule has 7 heteroatoms. The second-order valence-electron chi connectivity index (χ2n) is 5.36. The van der Waals surface area contributed by atoms with Crippen molar-refractivity contribution >= 4 is 27.9 Å². The average molecular weight is 373 g/mol. The molecule has 0 fully saturated rings. The highest BCUT2D eigenvalue weighted by Gasteiger charge is 2.13. The molecule has 1 atom stereocenters. The van der Waals surface area contributed by atoms with Crippen LogP contribution >= 0.6 is 15.9 Å². The van der Waals surface area contributed by atoms with Gasteiger partial charge in [0.15, 0.2) is 6.54 Å². The zero-order valence-electron chi connectivity index (χ0n) is 13.1. The van der Waals surface area contributed by atoms with Crippen molar-refractivity contribution < 1.29 is 19.2 Å². The summed E-state index contributed by atoms with van der Waals surface area (Å²) in [7, 11) is 1.88. The first kappa shape index (κ1) is 18.4. The minimum absolute atomic E-state index is 0.00261. The summed E-state index contributed by atoms with van der Waals surface area (Å²) in [5.41, 5.74) is 0. The predicted octanol–water partition coefficient (Wildman–Crippen LogP) is 0.577. The molecule has 0 saturated carbocycles. The molecule has 0 radical (unpaired) electrons. The third-order valence-electron chi connectivity index (χ3n) is 2.75. The number of hydrogen-bond donors (Lipinski definition) is 3. The Bertz CT molecular complexity index is 491. The summed E-state index contributed by atoms with van der Waals surface area (Å²) in [6.07, 6.45) is 0. The molecule has 1 aromatic rings. The topological polar surface area (TPSA) is 71.9 Å². The van der Waals surface area contributed by atoms with Gasteiger partial charge in [0.2, 0.25) is 0 Å². The average Bonchev–Trinajstić information content (AvgIpc) is 2.39. The first-order valence-corrected chi connectivity index (χ1v) is 7.96. The standard InChI is InChI=1S/C15H22BrN3O3/c1-11(2)17-15(21)18-14(20)10-19(3)8-9-22-13-6-4-12(16)5-7-13/h4-7,11H,8-10H2,1-3H3,(H2,17,18,20,21)/p+1. The van der Waals surface area contributed by atoms with E-state index in [1.165, 1.54) is 0 Å². The van der Waals surface area contributed by atoms with Gasteiger partial charge in [-0.25, -0.2) is 4.79 Å². The Labute approximate surface area is 139 Å². The molecule has 0 saturated heterocycles. The fraction of sp³-hybridized carbons (Fsp3) is 0.467. The van der Waals surface area contributed by atoms with Gasteiger partial charge in [0.1, 0.15) is 18.9 Å². The summed E-state index contributed by atoms with van der Waals surface area (Å²) in [5.74, 6) is 0.482. The Kier molecular flexibility index (Phi) is 7.90. The van der Waals surface area contributed by atoms with E-state index in [0.29, 0.717) is 13.2 Å². The molecule has 0 aromatic heterocycles. The molecular formula is C15H23BrN3O3+. The van der Waals surface area contributed by atoms with Gasteiger partial charge in [0.05, 0.1) is 7.05 Å². The van der Waals surface area contributed by atoms with Crippen LogP contribution in [0.3, 0.4) is 0 Å². The molecule has 22 heavy (non-hydrogen) atoms. The number of likely N-dealkylation sites (N-methyl/N-ethyl adjacent to an activating group) is 1. The molecule has 3 amide bonds. The smallest absolute Gasteiger partial charge is 0.321 e.